The molecule has 0 fully saturated rings. The molecule has 8 nitrogen and oxygen atoms in total. The molecule has 0 saturated heterocycles. The van der Waals surface area contributed by atoms with Gasteiger partial charge in [-0.1, -0.05) is 34.1 Å². The normalized spacial score (nSPS) is 12.0. The fraction of sp³-hybridized carbons (Fsp3) is 0.211. The van der Waals surface area contributed by atoms with Crippen LogP contribution in [0.4, 0.5) is 11.4 Å². The highest BCUT2D eigenvalue weighted by molar-refractivity contribution is 9.10. The van der Waals surface area contributed by atoms with Crippen LogP contribution < -0.4 is 4.31 Å². The van der Waals surface area contributed by atoms with Crippen molar-refractivity contribution in [2.24, 2.45) is 10.2 Å². The summed E-state index contributed by atoms with van der Waals surface area (Å²) < 4.78 is 26.4. The van der Waals surface area contributed by atoms with Gasteiger partial charge in [0.15, 0.2) is 5.69 Å². The molecule has 2 aromatic carbocycles. The molecule has 0 spiro atoms. The molecule has 0 unspecified atom stereocenters. The van der Waals surface area contributed by atoms with Gasteiger partial charge in [-0.15, -0.1) is 10.2 Å². The van der Waals surface area contributed by atoms with Crippen molar-refractivity contribution < 1.29 is 18.3 Å². The lowest BCUT2D eigenvalue weighted by molar-refractivity contribution is -0.116. The van der Waals surface area contributed by atoms with Gasteiger partial charge in [0.25, 0.3) is 5.91 Å². The van der Waals surface area contributed by atoms with E-state index < -0.39 is 22.5 Å². The van der Waals surface area contributed by atoms with Gasteiger partial charge in [0.1, 0.15) is 6.54 Å². The zero-order valence-corrected chi connectivity index (χ0v) is 18.4. The summed E-state index contributed by atoms with van der Waals surface area (Å²) in [5.74, 6) is -0.994. The summed E-state index contributed by atoms with van der Waals surface area (Å²) in [6, 6.07) is 10.6. The Morgan fingerprint density at radius 2 is 1.86 bits per heavy atom. The van der Waals surface area contributed by atoms with Crippen molar-refractivity contribution in [3.05, 3.63) is 52.0 Å². The Morgan fingerprint density at radius 1 is 1.21 bits per heavy atom. The van der Waals surface area contributed by atoms with Crippen LogP contribution in [-0.2, 0) is 14.8 Å². The maximum atomic E-state index is 12.4. The first-order chi connectivity index (χ1) is 13.6. The Labute approximate surface area is 176 Å². The molecule has 0 bridgehead atoms. The SMILES string of the molecule is Cc1cccc(C)c1N(CC(=O)N=Nc1c(O)[nH]c2ccc(Br)cc12)S(C)(=O)=O. The lowest BCUT2D eigenvalue weighted by Crippen LogP contribution is -2.35. The molecule has 3 rings (SSSR count). The molecule has 3 aromatic rings. The van der Waals surface area contributed by atoms with Crippen LogP contribution in [0.1, 0.15) is 11.1 Å². The summed E-state index contributed by atoms with van der Waals surface area (Å²) in [6.45, 7) is 3.05. The molecule has 152 valence electrons. The monoisotopic (exact) mass is 478 g/mol. The Hall–Kier alpha value is -2.72. The number of halogens is 1. The molecule has 1 amide bonds. The first-order valence-corrected chi connectivity index (χ1v) is 11.2. The van der Waals surface area contributed by atoms with E-state index in [0.717, 1.165) is 26.2 Å². The number of aromatic hydroxyl groups is 1. The number of amides is 1. The van der Waals surface area contributed by atoms with Crippen molar-refractivity contribution in [2.75, 3.05) is 17.1 Å². The highest BCUT2D eigenvalue weighted by Gasteiger charge is 2.24. The van der Waals surface area contributed by atoms with Gasteiger partial charge in [-0.2, -0.15) is 0 Å². The Kier molecular flexibility index (Phi) is 5.76. The highest BCUT2D eigenvalue weighted by atomic mass is 79.9. The summed E-state index contributed by atoms with van der Waals surface area (Å²) in [5.41, 5.74) is 2.61. The summed E-state index contributed by atoms with van der Waals surface area (Å²) in [4.78, 5) is 15.2. The van der Waals surface area contributed by atoms with Crippen LogP contribution >= 0.6 is 15.9 Å². The molecule has 0 atom stereocenters. The molecule has 1 heterocycles. The number of hydrogen-bond acceptors (Lipinski definition) is 5. The van der Waals surface area contributed by atoms with Crippen molar-refractivity contribution in [3.8, 4) is 5.88 Å². The van der Waals surface area contributed by atoms with E-state index in [1.165, 1.54) is 0 Å². The van der Waals surface area contributed by atoms with Gasteiger partial charge in [0.2, 0.25) is 15.9 Å². The van der Waals surface area contributed by atoms with Crippen molar-refractivity contribution >= 4 is 54.1 Å². The molecule has 29 heavy (non-hydrogen) atoms. The van der Waals surface area contributed by atoms with Crippen molar-refractivity contribution in [2.45, 2.75) is 13.8 Å². The predicted molar refractivity (Wildman–Crippen MR) is 115 cm³/mol. The number of sulfonamides is 1. The van der Waals surface area contributed by atoms with Crippen LogP contribution in [0, 0.1) is 13.8 Å². The second-order valence-electron chi connectivity index (χ2n) is 6.62. The summed E-state index contributed by atoms with van der Waals surface area (Å²) >= 11 is 3.34. The minimum absolute atomic E-state index is 0.104. The topological polar surface area (TPSA) is 115 Å². The fourth-order valence-electron chi connectivity index (χ4n) is 3.06. The summed E-state index contributed by atoms with van der Waals surface area (Å²) in [7, 11) is -3.73. The summed E-state index contributed by atoms with van der Waals surface area (Å²) in [6.07, 6.45) is 1.03. The first-order valence-electron chi connectivity index (χ1n) is 8.56. The van der Waals surface area contributed by atoms with Crippen molar-refractivity contribution in [3.63, 3.8) is 0 Å². The van der Waals surface area contributed by atoms with E-state index in [2.05, 4.69) is 31.1 Å². The smallest absolute Gasteiger partial charge is 0.285 e. The number of hydrogen-bond donors (Lipinski definition) is 2. The van der Waals surface area contributed by atoms with Crippen LogP contribution in [0.2, 0.25) is 0 Å². The van der Waals surface area contributed by atoms with E-state index in [1.807, 2.05) is 6.07 Å². The standard InChI is InChI=1S/C19H19BrN4O4S/c1-11-5-4-6-12(2)18(11)24(29(3,27)28)10-16(25)22-23-17-14-9-13(20)7-8-15(14)21-19(17)26/h4-9,21,26H,10H2,1-3H3. The van der Waals surface area contributed by atoms with Crippen LogP contribution in [-0.4, -0.2) is 37.2 Å². The van der Waals surface area contributed by atoms with Gasteiger partial charge >= 0.3 is 0 Å². The maximum Gasteiger partial charge on any atom is 0.285 e. The number of H-pyrrole nitrogens is 1. The molecular weight excluding hydrogens is 460 g/mol. The lowest BCUT2D eigenvalue weighted by Gasteiger charge is -2.24. The molecule has 1 aromatic heterocycles. The van der Waals surface area contributed by atoms with E-state index >= 15 is 0 Å². The zero-order chi connectivity index (χ0) is 21.3. The van der Waals surface area contributed by atoms with Gasteiger partial charge in [-0.05, 0) is 43.2 Å². The van der Waals surface area contributed by atoms with E-state index in [9.17, 15) is 18.3 Å². The van der Waals surface area contributed by atoms with Gasteiger partial charge in [-0.25, -0.2) is 8.42 Å². The number of rotatable bonds is 5. The number of benzene rings is 2. The van der Waals surface area contributed by atoms with E-state index in [1.54, 1.807) is 44.2 Å². The number of aryl methyl sites for hydroxylation is 2. The van der Waals surface area contributed by atoms with Crippen molar-refractivity contribution in [1.82, 2.24) is 4.98 Å². The number of aromatic amines is 1. The Balaban J connectivity index is 1.92. The quantitative estimate of drug-likeness (QED) is 0.530. The molecule has 0 radical (unpaired) electrons. The molecule has 2 N–H and O–H groups in total. The highest BCUT2D eigenvalue weighted by Crippen LogP contribution is 2.37. The predicted octanol–water partition coefficient (Wildman–Crippen LogP) is 4.33. The first kappa shape index (κ1) is 21.0. The number of carbonyl (C=O) groups excluding carboxylic acids is 1. The van der Waals surface area contributed by atoms with Crippen molar-refractivity contribution in [1.29, 1.82) is 0 Å². The number of anilines is 1. The number of nitrogens with zero attached hydrogens (tertiary/aromatic N) is 3. The third-order valence-electron chi connectivity index (χ3n) is 4.34. The number of azo groups is 1. The Morgan fingerprint density at radius 3 is 2.48 bits per heavy atom. The van der Waals surface area contributed by atoms with Gasteiger partial charge in [-0.3, -0.25) is 9.10 Å². The molecule has 0 aliphatic rings. The number of aromatic nitrogens is 1. The number of fused-ring (bicyclic) bond motifs is 1. The fourth-order valence-corrected chi connectivity index (χ4v) is 4.38. The molecule has 0 aliphatic heterocycles. The zero-order valence-electron chi connectivity index (χ0n) is 16.0. The van der Waals surface area contributed by atoms with E-state index in [0.29, 0.717) is 16.6 Å². The molecule has 10 heteroatoms. The van der Waals surface area contributed by atoms with Gasteiger partial charge in [0.05, 0.1) is 17.5 Å². The van der Waals surface area contributed by atoms with Gasteiger partial charge < -0.3 is 10.1 Å². The minimum atomic E-state index is -3.73. The van der Waals surface area contributed by atoms with Crippen LogP contribution in [0.3, 0.4) is 0 Å². The van der Waals surface area contributed by atoms with Crippen LogP contribution in [0.25, 0.3) is 10.9 Å². The third-order valence-corrected chi connectivity index (χ3v) is 5.95. The average molecular weight is 479 g/mol. The lowest BCUT2D eigenvalue weighted by atomic mass is 10.1. The minimum Gasteiger partial charge on any atom is -0.493 e. The second-order valence-corrected chi connectivity index (χ2v) is 9.44. The number of nitrogens with one attached hydrogen (secondary N) is 1. The van der Waals surface area contributed by atoms with Gasteiger partial charge in [0, 0.05) is 9.86 Å². The average Bonchev–Trinajstić information content (AvgIpc) is 2.92. The largest absolute Gasteiger partial charge is 0.493 e. The maximum absolute atomic E-state index is 12.4. The molecule has 0 aliphatic carbocycles. The molecule has 0 saturated carbocycles. The number of carbonyl (C=O) groups is 1. The molecular formula is C19H19BrN4O4S. The van der Waals surface area contributed by atoms with E-state index in [-0.39, 0.29) is 11.6 Å². The summed E-state index contributed by atoms with van der Waals surface area (Å²) in [5, 5.41) is 18.1. The van der Waals surface area contributed by atoms with Crippen LogP contribution in [0.15, 0.2) is 51.1 Å². The van der Waals surface area contributed by atoms with E-state index in [4.69, 9.17) is 0 Å². The number of para-hydroxylation sites is 1. The van der Waals surface area contributed by atoms with Crippen LogP contribution in [0.5, 0.6) is 5.88 Å². The second kappa shape index (κ2) is 7.96. The third kappa shape index (κ3) is 4.48. The Bertz CT molecular complexity index is 1210.